The first kappa shape index (κ1) is 20.9. The van der Waals surface area contributed by atoms with Crippen molar-refractivity contribution in [3.05, 3.63) is 94.8 Å². The third kappa shape index (κ3) is 3.21. The van der Waals surface area contributed by atoms with E-state index < -0.39 is 45.8 Å². The molecule has 33 heavy (non-hydrogen) atoms. The third-order valence-corrected chi connectivity index (χ3v) is 6.36. The van der Waals surface area contributed by atoms with Gasteiger partial charge in [-0.05, 0) is 66.9 Å². The molecule has 0 radical (unpaired) electrons. The van der Waals surface area contributed by atoms with Gasteiger partial charge in [0.05, 0.1) is 22.2 Å². The van der Waals surface area contributed by atoms with Gasteiger partial charge in [-0.1, -0.05) is 18.6 Å². The molecule has 8 heteroatoms. The second-order valence-electron chi connectivity index (χ2n) is 8.17. The number of amides is 3. The van der Waals surface area contributed by atoms with E-state index in [1.54, 1.807) is 12.1 Å². The molecule has 1 saturated carbocycles. The van der Waals surface area contributed by atoms with Gasteiger partial charge in [0.2, 0.25) is 5.91 Å². The summed E-state index contributed by atoms with van der Waals surface area (Å²) in [5, 5.41) is 2.81. The van der Waals surface area contributed by atoms with Gasteiger partial charge >= 0.3 is 0 Å². The zero-order valence-electron chi connectivity index (χ0n) is 17.2. The second-order valence-corrected chi connectivity index (χ2v) is 8.17. The number of anilines is 2. The number of nitrogens with one attached hydrogen (secondary N) is 1. The number of fused-ring (bicyclic) bond motifs is 1. The number of carbonyl (C=O) groups excluding carboxylic acids is 3. The maximum atomic E-state index is 14.1. The Kier molecular flexibility index (Phi) is 4.81. The van der Waals surface area contributed by atoms with Crippen LogP contribution in [0, 0.1) is 17.5 Å². The van der Waals surface area contributed by atoms with Crippen LogP contribution in [0.1, 0.15) is 45.5 Å². The van der Waals surface area contributed by atoms with E-state index in [2.05, 4.69) is 5.32 Å². The highest BCUT2D eigenvalue weighted by atomic mass is 19.1. The lowest BCUT2D eigenvalue weighted by atomic mass is 9.63. The standard InChI is InChI=1S/C25H17F3N2O3/c26-15-4-6-16(7-5-15)29-24(33)25(12-1-13-25)14-2-8-17(9-3-14)30-22(31)20-18(27)10-11-19(28)21(20)23(30)32/h2-11H,1,12-13H2,(H,29,33). The van der Waals surface area contributed by atoms with Crippen molar-refractivity contribution in [3.8, 4) is 0 Å². The average molecular weight is 450 g/mol. The number of rotatable bonds is 4. The number of imide groups is 1. The minimum absolute atomic E-state index is 0.150. The highest BCUT2D eigenvalue weighted by molar-refractivity contribution is 6.34. The SMILES string of the molecule is O=C1c2c(F)ccc(F)c2C(=O)N1c1ccc(C2(C(=O)Nc3ccc(F)cc3)CCC2)cc1. The highest BCUT2D eigenvalue weighted by Gasteiger charge is 2.46. The van der Waals surface area contributed by atoms with Crippen molar-refractivity contribution < 1.29 is 27.6 Å². The Morgan fingerprint density at radius 1 is 0.788 bits per heavy atom. The Bertz CT molecular complexity index is 1260. The minimum atomic E-state index is -0.963. The summed E-state index contributed by atoms with van der Waals surface area (Å²) in [7, 11) is 0. The molecule has 0 aromatic heterocycles. The summed E-state index contributed by atoms with van der Waals surface area (Å²) < 4.78 is 41.4. The van der Waals surface area contributed by atoms with Gasteiger partial charge in [-0.25, -0.2) is 18.1 Å². The number of hydrogen-bond donors (Lipinski definition) is 1. The first-order valence-corrected chi connectivity index (χ1v) is 10.4. The molecule has 0 saturated heterocycles. The predicted molar refractivity (Wildman–Crippen MR) is 114 cm³/mol. The van der Waals surface area contributed by atoms with Crippen LogP contribution < -0.4 is 10.2 Å². The molecule has 3 aromatic carbocycles. The lowest BCUT2D eigenvalue weighted by molar-refractivity contribution is -0.124. The van der Waals surface area contributed by atoms with Gasteiger partial charge in [0.1, 0.15) is 17.5 Å². The van der Waals surface area contributed by atoms with Crippen LogP contribution in [0.5, 0.6) is 0 Å². The van der Waals surface area contributed by atoms with E-state index in [4.69, 9.17) is 0 Å². The van der Waals surface area contributed by atoms with Crippen LogP contribution in [0.3, 0.4) is 0 Å². The average Bonchev–Trinajstić information content (AvgIpc) is 3.04. The number of halogens is 3. The Morgan fingerprint density at radius 2 is 1.33 bits per heavy atom. The van der Waals surface area contributed by atoms with E-state index >= 15 is 0 Å². The quantitative estimate of drug-likeness (QED) is 0.571. The van der Waals surface area contributed by atoms with Crippen molar-refractivity contribution in [2.24, 2.45) is 0 Å². The van der Waals surface area contributed by atoms with Gasteiger partial charge in [0.15, 0.2) is 0 Å². The van der Waals surface area contributed by atoms with Crippen LogP contribution in [0.15, 0.2) is 60.7 Å². The fraction of sp³-hybridized carbons (Fsp3) is 0.160. The topological polar surface area (TPSA) is 66.5 Å². The summed E-state index contributed by atoms with van der Waals surface area (Å²) >= 11 is 0. The largest absolute Gasteiger partial charge is 0.325 e. The monoisotopic (exact) mass is 450 g/mol. The van der Waals surface area contributed by atoms with Gasteiger partial charge in [0, 0.05) is 5.69 Å². The number of hydrogen-bond acceptors (Lipinski definition) is 3. The van der Waals surface area contributed by atoms with Crippen molar-refractivity contribution in [1.82, 2.24) is 0 Å². The number of nitrogens with zero attached hydrogens (tertiary/aromatic N) is 1. The Morgan fingerprint density at radius 3 is 1.82 bits per heavy atom. The molecule has 0 bridgehead atoms. The zero-order valence-corrected chi connectivity index (χ0v) is 17.2. The molecule has 5 nitrogen and oxygen atoms in total. The molecule has 3 amide bonds. The van der Waals surface area contributed by atoms with Crippen LogP contribution in [-0.2, 0) is 10.2 Å². The van der Waals surface area contributed by atoms with Gasteiger partial charge in [-0.15, -0.1) is 0 Å². The summed E-state index contributed by atoms with van der Waals surface area (Å²) in [6, 6.07) is 13.3. The molecule has 1 heterocycles. The summed E-state index contributed by atoms with van der Waals surface area (Å²) in [6.45, 7) is 0. The normalized spacial score (nSPS) is 16.4. The lowest BCUT2D eigenvalue weighted by Crippen LogP contribution is -2.46. The van der Waals surface area contributed by atoms with Crippen LogP contribution in [0.4, 0.5) is 24.5 Å². The van der Waals surface area contributed by atoms with Crippen LogP contribution in [0.2, 0.25) is 0 Å². The summed E-state index contributed by atoms with van der Waals surface area (Å²) in [5.41, 5.74) is -0.660. The molecule has 5 rings (SSSR count). The molecule has 3 aromatic rings. The number of carbonyl (C=O) groups is 3. The van der Waals surface area contributed by atoms with Crippen molar-refractivity contribution in [1.29, 1.82) is 0 Å². The zero-order chi connectivity index (χ0) is 23.3. The lowest BCUT2D eigenvalue weighted by Gasteiger charge is -2.40. The third-order valence-electron chi connectivity index (χ3n) is 6.36. The van der Waals surface area contributed by atoms with E-state index in [-0.39, 0.29) is 11.6 Å². The second kappa shape index (κ2) is 7.58. The predicted octanol–water partition coefficient (Wildman–Crippen LogP) is 4.96. The fourth-order valence-electron chi connectivity index (χ4n) is 4.41. The van der Waals surface area contributed by atoms with E-state index in [1.807, 2.05) is 0 Å². The highest BCUT2D eigenvalue weighted by Crippen LogP contribution is 2.45. The minimum Gasteiger partial charge on any atom is -0.325 e. The van der Waals surface area contributed by atoms with Gasteiger partial charge < -0.3 is 5.32 Å². The Hall–Kier alpha value is -3.94. The van der Waals surface area contributed by atoms with E-state index in [1.165, 1.54) is 36.4 Å². The molecular weight excluding hydrogens is 433 g/mol. The Labute approximate surface area is 186 Å². The summed E-state index contributed by atoms with van der Waals surface area (Å²) in [5.74, 6) is -4.45. The fourth-order valence-corrected chi connectivity index (χ4v) is 4.41. The van der Waals surface area contributed by atoms with E-state index in [9.17, 15) is 27.6 Å². The van der Waals surface area contributed by atoms with E-state index in [0.717, 1.165) is 23.5 Å². The maximum absolute atomic E-state index is 14.1. The van der Waals surface area contributed by atoms with Crippen molar-refractivity contribution in [3.63, 3.8) is 0 Å². The van der Waals surface area contributed by atoms with Crippen molar-refractivity contribution in [2.45, 2.75) is 24.7 Å². The van der Waals surface area contributed by atoms with Crippen molar-refractivity contribution in [2.75, 3.05) is 10.2 Å². The molecule has 166 valence electrons. The first-order valence-electron chi connectivity index (χ1n) is 10.4. The molecule has 1 fully saturated rings. The summed E-state index contributed by atoms with van der Waals surface area (Å²) in [6.07, 6.45) is 2.04. The van der Waals surface area contributed by atoms with Gasteiger partial charge in [-0.2, -0.15) is 0 Å². The molecule has 0 spiro atoms. The van der Waals surface area contributed by atoms with Crippen LogP contribution >= 0.6 is 0 Å². The number of benzene rings is 3. The molecule has 0 unspecified atom stereocenters. The molecule has 2 aliphatic rings. The Balaban J connectivity index is 1.42. The van der Waals surface area contributed by atoms with E-state index in [0.29, 0.717) is 24.1 Å². The smallest absolute Gasteiger partial charge is 0.269 e. The first-order chi connectivity index (χ1) is 15.8. The molecule has 0 atom stereocenters. The molecule has 1 N–H and O–H groups in total. The van der Waals surface area contributed by atoms with Crippen LogP contribution in [-0.4, -0.2) is 17.7 Å². The maximum Gasteiger partial charge on any atom is 0.269 e. The van der Waals surface area contributed by atoms with Gasteiger partial charge in [-0.3, -0.25) is 14.4 Å². The van der Waals surface area contributed by atoms with Gasteiger partial charge in [0.25, 0.3) is 11.8 Å². The van der Waals surface area contributed by atoms with Crippen LogP contribution in [0.25, 0.3) is 0 Å². The summed E-state index contributed by atoms with van der Waals surface area (Å²) in [4.78, 5) is 39.1. The molecule has 1 aliphatic carbocycles. The molecular formula is C25H17F3N2O3. The molecule has 1 aliphatic heterocycles. The van der Waals surface area contributed by atoms with Crippen molar-refractivity contribution >= 4 is 29.1 Å².